The minimum atomic E-state index is -0.100. The molecule has 1 aromatic carbocycles. The minimum absolute atomic E-state index is 0.0550. The lowest BCUT2D eigenvalue weighted by molar-refractivity contribution is -0.133. The molecule has 0 spiro atoms. The molecule has 0 aliphatic rings. The first-order valence-electron chi connectivity index (χ1n) is 8.66. The lowest BCUT2D eigenvalue weighted by Gasteiger charge is -2.28. The highest BCUT2D eigenvalue weighted by molar-refractivity contribution is 7.08. The van der Waals surface area contributed by atoms with Gasteiger partial charge in [0.05, 0.1) is 17.7 Å². The van der Waals surface area contributed by atoms with Crippen LogP contribution in [0.25, 0.3) is 0 Å². The standard InChI is InChI=1S/C20H23N3O2S/c1-3-23(15(2)17-8-6-16(13-21)7-9-17)19(24)5-4-11-22-20(25)18-10-12-26-14-18/h6-10,12,14-15H,3-5,11H2,1-2H3,(H,22,25). The van der Waals surface area contributed by atoms with Crippen LogP contribution in [-0.4, -0.2) is 29.8 Å². The maximum absolute atomic E-state index is 12.5. The lowest BCUT2D eigenvalue weighted by Crippen LogP contribution is -2.34. The van der Waals surface area contributed by atoms with Crippen LogP contribution in [0.5, 0.6) is 0 Å². The fraction of sp³-hybridized carbons (Fsp3) is 0.350. The van der Waals surface area contributed by atoms with E-state index in [-0.39, 0.29) is 17.9 Å². The van der Waals surface area contributed by atoms with Crippen LogP contribution in [0, 0.1) is 11.3 Å². The van der Waals surface area contributed by atoms with Gasteiger partial charge in [0.15, 0.2) is 0 Å². The molecule has 0 saturated carbocycles. The number of nitriles is 1. The van der Waals surface area contributed by atoms with Gasteiger partial charge in [-0.25, -0.2) is 0 Å². The predicted octanol–water partition coefficient (Wildman–Crippen LogP) is 3.74. The highest BCUT2D eigenvalue weighted by atomic mass is 32.1. The summed E-state index contributed by atoms with van der Waals surface area (Å²) in [6.07, 6.45) is 0.990. The summed E-state index contributed by atoms with van der Waals surface area (Å²) >= 11 is 1.48. The zero-order valence-electron chi connectivity index (χ0n) is 15.1. The van der Waals surface area contributed by atoms with Gasteiger partial charge in [-0.05, 0) is 49.4 Å². The Morgan fingerprint density at radius 1 is 1.27 bits per heavy atom. The first kappa shape index (κ1) is 19.7. The molecule has 1 heterocycles. The SMILES string of the molecule is CCN(C(=O)CCCNC(=O)c1ccsc1)C(C)c1ccc(C#N)cc1. The normalized spacial score (nSPS) is 11.4. The van der Waals surface area contributed by atoms with Crippen molar-refractivity contribution in [2.75, 3.05) is 13.1 Å². The van der Waals surface area contributed by atoms with Crippen LogP contribution in [0.2, 0.25) is 0 Å². The molecule has 0 radical (unpaired) electrons. The smallest absolute Gasteiger partial charge is 0.252 e. The number of amides is 2. The zero-order chi connectivity index (χ0) is 18.9. The Hall–Kier alpha value is -2.65. The first-order valence-corrected chi connectivity index (χ1v) is 9.61. The molecule has 6 heteroatoms. The average Bonchev–Trinajstić information content (AvgIpc) is 3.20. The number of rotatable bonds is 8. The predicted molar refractivity (Wildman–Crippen MR) is 103 cm³/mol. The van der Waals surface area contributed by atoms with Crippen molar-refractivity contribution >= 4 is 23.2 Å². The Balaban J connectivity index is 1.83. The maximum Gasteiger partial charge on any atom is 0.252 e. The summed E-state index contributed by atoms with van der Waals surface area (Å²) in [6, 6.07) is 11.1. The summed E-state index contributed by atoms with van der Waals surface area (Å²) in [5.41, 5.74) is 2.27. The molecule has 26 heavy (non-hydrogen) atoms. The van der Waals surface area contributed by atoms with E-state index in [4.69, 9.17) is 5.26 Å². The second kappa shape index (κ2) is 9.73. The number of carbonyl (C=O) groups excluding carboxylic acids is 2. The topological polar surface area (TPSA) is 73.2 Å². The molecule has 1 unspecified atom stereocenters. The Bertz CT molecular complexity index is 763. The van der Waals surface area contributed by atoms with Gasteiger partial charge in [-0.3, -0.25) is 9.59 Å². The zero-order valence-corrected chi connectivity index (χ0v) is 15.9. The minimum Gasteiger partial charge on any atom is -0.352 e. The average molecular weight is 369 g/mol. The summed E-state index contributed by atoms with van der Waals surface area (Å²) in [7, 11) is 0. The van der Waals surface area contributed by atoms with Gasteiger partial charge >= 0.3 is 0 Å². The molecule has 0 bridgehead atoms. The molecule has 1 N–H and O–H groups in total. The molecule has 2 amide bonds. The van der Waals surface area contributed by atoms with Gasteiger partial charge in [-0.1, -0.05) is 12.1 Å². The van der Waals surface area contributed by atoms with Crippen molar-refractivity contribution in [3.63, 3.8) is 0 Å². The molecule has 1 atom stereocenters. The fourth-order valence-electron chi connectivity index (χ4n) is 2.76. The van der Waals surface area contributed by atoms with Crippen LogP contribution in [-0.2, 0) is 4.79 Å². The number of thiophene rings is 1. The van der Waals surface area contributed by atoms with E-state index in [0.29, 0.717) is 37.1 Å². The second-order valence-corrected chi connectivity index (χ2v) is 6.74. The number of carbonyl (C=O) groups is 2. The van der Waals surface area contributed by atoms with Gasteiger partial charge in [0.25, 0.3) is 5.91 Å². The summed E-state index contributed by atoms with van der Waals surface area (Å²) in [5.74, 6) is -0.0360. The van der Waals surface area contributed by atoms with Crippen molar-refractivity contribution in [2.24, 2.45) is 0 Å². The van der Waals surface area contributed by atoms with Crippen molar-refractivity contribution in [3.8, 4) is 6.07 Å². The molecule has 136 valence electrons. The molecule has 0 fully saturated rings. The third kappa shape index (κ3) is 5.17. The van der Waals surface area contributed by atoms with Gasteiger partial charge in [-0.15, -0.1) is 0 Å². The van der Waals surface area contributed by atoms with Crippen molar-refractivity contribution in [3.05, 3.63) is 57.8 Å². The third-order valence-electron chi connectivity index (χ3n) is 4.29. The second-order valence-electron chi connectivity index (χ2n) is 5.96. The van der Waals surface area contributed by atoms with E-state index in [1.807, 2.05) is 36.3 Å². The van der Waals surface area contributed by atoms with E-state index >= 15 is 0 Å². The monoisotopic (exact) mass is 369 g/mol. The van der Waals surface area contributed by atoms with E-state index in [2.05, 4.69) is 11.4 Å². The molecular formula is C20H23N3O2S. The van der Waals surface area contributed by atoms with Crippen LogP contribution in [0.1, 0.15) is 54.2 Å². The quantitative estimate of drug-likeness (QED) is 0.721. The Morgan fingerprint density at radius 3 is 2.58 bits per heavy atom. The van der Waals surface area contributed by atoms with Crippen LogP contribution in [0.15, 0.2) is 41.1 Å². The highest BCUT2D eigenvalue weighted by Crippen LogP contribution is 2.21. The number of benzene rings is 1. The largest absolute Gasteiger partial charge is 0.352 e. The molecule has 0 aliphatic carbocycles. The molecular weight excluding hydrogens is 346 g/mol. The van der Waals surface area contributed by atoms with Crippen LogP contribution in [0.4, 0.5) is 0 Å². The number of nitrogens with zero attached hydrogens (tertiary/aromatic N) is 2. The van der Waals surface area contributed by atoms with Gasteiger partial charge < -0.3 is 10.2 Å². The van der Waals surface area contributed by atoms with Gasteiger partial charge in [0.1, 0.15) is 0 Å². The fourth-order valence-corrected chi connectivity index (χ4v) is 3.40. The van der Waals surface area contributed by atoms with E-state index in [1.165, 1.54) is 11.3 Å². The van der Waals surface area contributed by atoms with Gasteiger partial charge in [-0.2, -0.15) is 16.6 Å². The summed E-state index contributed by atoms with van der Waals surface area (Å²) < 4.78 is 0. The maximum atomic E-state index is 12.5. The van der Waals surface area contributed by atoms with Crippen LogP contribution >= 0.6 is 11.3 Å². The Labute approximate surface area is 158 Å². The molecule has 2 aromatic rings. The van der Waals surface area contributed by atoms with Crippen molar-refractivity contribution < 1.29 is 9.59 Å². The van der Waals surface area contributed by atoms with Crippen LogP contribution < -0.4 is 5.32 Å². The lowest BCUT2D eigenvalue weighted by atomic mass is 10.0. The summed E-state index contributed by atoms with van der Waals surface area (Å²) in [4.78, 5) is 26.2. The van der Waals surface area contributed by atoms with Crippen LogP contribution in [0.3, 0.4) is 0 Å². The summed E-state index contributed by atoms with van der Waals surface area (Å²) in [5, 5.41) is 15.4. The Morgan fingerprint density at radius 2 is 2.00 bits per heavy atom. The summed E-state index contributed by atoms with van der Waals surface area (Å²) in [6.45, 7) is 5.03. The molecule has 0 saturated heterocycles. The third-order valence-corrected chi connectivity index (χ3v) is 4.97. The van der Waals surface area contributed by atoms with Gasteiger partial charge in [0, 0.05) is 30.5 Å². The van der Waals surface area contributed by atoms with E-state index in [0.717, 1.165) is 5.56 Å². The molecule has 5 nitrogen and oxygen atoms in total. The van der Waals surface area contributed by atoms with Gasteiger partial charge in [0.2, 0.25) is 5.91 Å². The number of hydrogen-bond acceptors (Lipinski definition) is 4. The van der Waals surface area contributed by atoms with Crippen molar-refractivity contribution in [1.82, 2.24) is 10.2 Å². The van der Waals surface area contributed by atoms with Crippen molar-refractivity contribution in [2.45, 2.75) is 32.7 Å². The molecule has 1 aromatic heterocycles. The van der Waals surface area contributed by atoms with Crippen molar-refractivity contribution in [1.29, 1.82) is 5.26 Å². The first-order chi connectivity index (χ1) is 12.6. The molecule has 0 aliphatic heterocycles. The molecule has 2 rings (SSSR count). The van der Waals surface area contributed by atoms with E-state index in [9.17, 15) is 9.59 Å². The number of hydrogen-bond donors (Lipinski definition) is 1. The number of nitrogens with one attached hydrogen (secondary N) is 1. The van der Waals surface area contributed by atoms with E-state index < -0.39 is 0 Å². The highest BCUT2D eigenvalue weighted by Gasteiger charge is 2.19. The van der Waals surface area contributed by atoms with E-state index in [1.54, 1.807) is 23.6 Å². The Kier molecular flexibility index (Phi) is 7.37.